The molecule has 0 radical (unpaired) electrons. The van der Waals surface area contributed by atoms with Gasteiger partial charge in [-0.2, -0.15) is 0 Å². The molecule has 1 rings (SSSR count). The number of rotatable bonds is 3. The number of hydrogen-bond donors (Lipinski definition) is 4. The Morgan fingerprint density at radius 3 is 2.12 bits per heavy atom. The highest BCUT2D eigenvalue weighted by atomic mass is 16.8. The Morgan fingerprint density at radius 2 is 1.76 bits per heavy atom. The number of hydrazine groups is 1. The molecule has 0 saturated heterocycles. The molecule has 0 aliphatic carbocycles. The lowest BCUT2D eigenvalue weighted by molar-refractivity contribution is -0.787. The van der Waals surface area contributed by atoms with Crippen molar-refractivity contribution in [3.8, 4) is 0 Å². The van der Waals surface area contributed by atoms with Gasteiger partial charge in [0.25, 0.3) is 0 Å². The molecular formula is C2H5N7O8. The molecule has 17 heavy (non-hydrogen) atoms. The van der Waals surface area contributed by atoms with Crippen molar-refractivity contribution < 1.29 is 25.0 Å². The van der Waals surface area contributed by atoms with Crippen LogP contribution in [0.5, 0.6) is 0 Å². The second-order valence-corrected chi connectivity index (χ2v) is 2.19. The van der Waals surface area contributed by atoms with Crippen LogP contribution in [0.4, 0.5) is 0 Å². The van der Waals surface area contributed by atoms with Gasteiger partial charge in [0.05, 0.1) is 0 Å². The summed E-state index contributed by atoms with van der Waals surface area (Å²) in [5.41, 5.74) is 2.55. The van der Waals surface area contributed by atoms with Crippen LogP contribution in [-0.4, -0.2) is 31.7 Å². The van der Waals surface area contributed by atoms with Gasteiger partial charge in [0.15, 0.2) is 5.03 Å². The average molecular weight is 255 g/mol. The highest BCUT2D eigenvalue weighted by Gasteiger charge is 2.70. The molecular weight excluding hydrogens is 250 g/mol. The monoisotopic (exact) mass is 255 g/mol. The summed E-state index contributed by atoms with van der Waals surface area (Å²) < 4.78 is 0. The van der Waals surface area contributed by atoms with Crippen molar-refractivity contribution >= 4 is 5.84 Å². The number of nitro groups is 3. The van der Waals surface area contributed by atoms with Gasteiger partial charge in [-0.05, 0) is 5.16 Å². The summed E-state index contributed by atoms with van der Waals surface area (Å²) in [5.74, 6) is -0.866. The summed E-state index contributed by atoms with van der Waals surface area (Å²) in [6.07, 6.45) is 0. The SMILES string of the molecule is NO.O=[N+]([O-])NC1=NONC1([N+](=O)[O-])[N+](=O)[O-]. The summed E-state index contributed by atoms with van der Waals surface area (Å²) >= 11 is 0. The number of nitrogens with one attached hydrogen (secondary N) is 2. The van der Waals surface area contributed by atoms with Crippen LogP contribution >= 0.6 is 0 Å². The lowest BCUT2D eigenvalue weighted by Crippen LogP contribution is -2.64. The first-order chi connectivity index (χ1) is 7.91. The van der Waals surface area contributed by atoms with E-state index in [0.717, 1.165) is 0 Å². The molecule has 0 aromatic heterocycles. The van der Waals surface area contributed by atoms with Crippen LogP contribution in [0.2, 0.25) is 0 Å². The first kappa shape index (κ1) is 14.3. The molecule has 0 bridgehead atoms. The summed E-state index contributed by atoms with van der Waals surface area (Å²) in [4.78, 5) is 31.9. The molecule has 15 nitrogen and oxygen atoms in total. The second kappa shape index (κ2) is 5.44. The lowest BCUT2D eigenvalue weighted by atomic mass is 10.3. The van der Waals surface area contributed by atoms with Gasteiger partial charge in [0.1, 0.15) is 9.85 Å². The summed E-state index contributed by atoms with van der Waals surface area (Å²) in [5, 5.41) is 38.8. The van der Waals surface area contributed by atoms with Crippen LogP contribution in [0.25, 0.3) is 0 Å². The van der Waals surface area contributed by atoms with E-state index in [4.69, 9.17) is 5.21 Å². The highest BCUT2D eigenvalue weighted by molar-refractivity contribution is 5.87. The maximum absolute atomic E-state index is 10.4. The van der Waals surface area contributed by atoms with Gasteiger partial charge in [-0.25, -0.2) is 16.0 Å². The van der Waals surface area contributed by atoms with Gasteiger partial charge in [-0.3, -0.25) is 25.2 Å². The van der Waals surface area contributed by atoms with E-state index in [0.29, 0.717) is 0 Å². The lowest BCUT2D eigenvalue weighted by Gasteiger charge is -2.07. The second-order valence-electron chi connectivity index (χ2n) is 2.19. The molecule has 0 amide bonds. The van der Waals surface area contributed by atoms with Crippen LogP contribution in [0.1, 0.15) is 0 Å². The van der Waals surface area contributed by atoms with E-state index in [1.807, 2.05) is 0 Å². The zero-order chi connectivity index (χ0) is 13.6. The minimum atomic E-state index is -3.19. The Labute approximate surface area is 90.1 Å². The first-order valence-electron chi connectivity index (χ1n) is 3.38. The number of oxime groups is 1. The van der Waals surface area contributed by atoms with Crippen LogP contribution in [0.15, 0.2) is 5.16 Å². The summed E-state index contributed by atoms with van der Waals surface area (Å²) in [6, 6.07) is 0. The Morgan fingerprint density at radius 1 is 1.29 bits per heavy atom. The van der Waals surface area contributed by atoms with Crippen molar-refractivity contribution in [1.29, 1.82) is 0 Å². The van der Waals surface area contributed by atoms with Crippen molar-refractivity contribution in [3.05, 3.63) is 30.3 Å². The summed E-state index contributed by atoms with van der Waals surface area (Å²) in [7, 11) is 0. The van der Waals surface area contributed by atoms with E-state index in [1.165, 1.54) is 10.9 Å². The van der Waals surface area contributed by atoms with Gasteiger partial charge in [-0.15, -0.1) is 0 Å². The van der Waals surface area contributed by atoms with E-state index < -0.39 is 26.5 Å². The van der Waals surface area contributed by atoms with E-state index in [-0.39, 0.29) is 0 Å². The molecule has 1 heterocycles. The normalized spacial score (nSPS) is 15.8. The number of nitrogens with zero attached hydrogens (tertiary/aromatic N) is 4. The zero-order valence-electron chi connectivity index (χ0n) is 7.67. The largest absolute Gasteiger partial charge is 0.620 e. The molecule has 0 atom stereocenters. The van der Waals surface area contributed by atoms with Crippen LogP contribution in [-0.2, 0) is 4.94 Å². The number of nitrogens with two attached hydrogens (primary N) is 1. The predicted molar refractivity (Wildman–Crippen MR) is 44.5 cm³/mol. The molecule has 0 aromatic carbocycles. The van der Waals surface area contributed by atoms with Crippen molar-refractivity contribution in [3.63, 3.8) is 0 Å². The topological polar surface area (TPSA) is 221 Å². The van der Waals surface area contributed by atoms with Gasteiger partial charge in [-0.1, -0.05) is 5.43 Å². The molecule has 0 saturated carbocycles. The van der Waals surface area contributed by atoms with Gasteiger partial charge in [0.2, 0.25) is 0 Å². The smallest absolute Gasteiger partial charge is 0.320 e. The molecule has 0 unspecified atom stereocenters. The molecule has 1 aliphatic rings. The molecule has 15 heteroatoms. The van der Waals surface area contributed by atoms with E-state index in [1.54, 1.807) is 0 Å². The predicted octanol–water partition coefficient (Wildman–Crippen LogP) is -2.84. The van der Waals surface area contributed by atoms with Gasteiger partial charge in [0, 0.05) is 5.48 Å². The Bertz CT molecular complexity index is 349. The number of amidine groups is 1. The van der Waals surface area contributed by atoms with Crippen molar-refractivity contribution in [2.24, 2.45) is 11.1 Å². The minimum Gasteiger partial charge on any atom is -0.320 e. The Kier molecular flexibility index (Phi) is 4.59. The third-order valence-electron chi connectivity index (χ3n) is 1.38. The standard InChI is InChI=1S/C2H2N6O7.H3NO/c9-6(10)2(7(11)12)1(3-8(13)14)4-15-5-2;1-2/h5H,(H,3,4);2H,1H2. The fourth-order valence-corrected chi connectivity index (χ4v) is 0.743. The van der Waals surface area contributed by atoms with Crippen LogP contribution < -0.4 is 16.8 Å². The maximum atomic E-state index is 10.4. The first-order valence-corrected chi connectivity index (χ1v) is 3.38. The fourth-order valence-electron chi connectivity index (χ4n) is 0.743. The van der Waals surface area contributed by atoms with Crippen molar-refractivity contribution in [1.82, 2.24) is 10.9 Å². The fraction of sp³-hybridized carbons (Fsp3) is 0.500. The summed E-state index contributed by atoms with van der Waals surface area (Å²) in [6.45, 7) is 0. The van der Waals surface area contributed by atoms with E-state index >= 15 is 0 Å². The third kappa shape index (κ3) is 2.48. The number of hydroxylamine groups is 1. The molecule has 0 aromatic rings. The van der Waals surface area contributed by atoms with Gasteiger partial charge < -0.3 is 5.21 Å². The Hall–Kier alpha value is -2.65. The van der Waals surface area contributed by atoms with Crippen LogP contribution in [0, 0.1) is 30.3 Å². The molecule has 5 N–H and O–H groups in total. The average Bonchev–Trinajstić information content (AvgIpc) is 2.64. The molecule has 1 aliphatic heterocycles. The van der Waals surface area contributed by atoms with Crippen LogP contribution in [0.3, 0.4) is 0 Å². The van der Waals surface area contributed by atoms with Gasteiger partial charge >= 0.3 is 11.6 Å². The molecule has 0 spiro atoms. The molecule has 96 valence electrons. The minimum absolute atomic E-state index is 1.18. The number of hydrogen-bond acceptors (Lipinski definition) is 11. The maximum Gasteiger partial charge on any atom is 0.620 e. The van der Waals surface area contributed by atoms with Crippen molar-refractivity contribution in [2.75, 3.05) is 0 Å². The van der Waals surface area contributed by atoms with E-state index in [2.05, 4.69) is 16.0 Å². The molecule has 0 fully saturated rings. The quantitative estimate of drug-likeness (QED) is 0.228. The highest BCUT2D eigenvalue weighted by Crippen LogP contribution is 2.14. The van der Waals surface area contributed by atoms with E-state index in [9.17, 15) is 30.3 Å². The Balaban J connectivity index is 0.00000121. The van der Waals surface area contributed by atoms with Crippen molar-refractivity contribution in [2.45, 2.75) is 5.79 Å². The third-order valence-corrected chi connectivity index (χ3v) is 1.38. The zero-order valence-corrected chi connectivity index (χ0v) is 7.67.